The maximum Gasteiger partial charge on any atom is 0.167 e. The number of unbranched alkanes of at least 4 members (excludes halogenated alkanes) is 2. The van der Waals surface area contributed by atoms with Crippen molar-refractivity contribution in [3.8, 4) is 11.1 Å². The third kappa shape index (κ3) is 5.96. The summed E-state index contributed by atoms with van der Waals surface area (Å²) in [5.74, 6) is -4.80. The molecule has 2 aromatic rings. The molecule has 0 amide bonds. The highest BCUT2D eigenvalue weighted by Gasteiger charge is 2.30. The van der Waals surface area contributed by atoms with Crippen molar-refractivity contribution in [2.75, 3.05) is 13.2 Å². The predicted octanol–water partition coefficient (Wildman–Crippen LogP) is 8.82. The van der Waals surface area contributed by atoms with Crippen LogP contribution in [0.25, 0.3) is 11.1 Å². The molecule has 0 aromatic heterocycles. The first-order valence-electron chi connectivity index (χ1n) is 13.6. The average Bonchev–Trinajstić information content (AvgIpc) is 2.89. The van der Waals surface area contributed by atoms with Gasteiger partial charge >= 0.3 is 0 Å². The minimum atomic E-state index is -1.15. The Kier molecular flexibility index (Phi) is 9.46. The number of benzene rings is 2. The molecule has 198 valence electrons. The summed E-state index contributed by atoms with van der Waals surface area (Å²) in [4.78, 5) is 0. The largest absolute Gasteiger partial charge is 0.378 e. The number of halogens is 4. The molecular formula is C30H38F4O2. The van der Waals surface area contributed by atoms with Crippen LogP contribution in [0.15, 0.2) is 24.3 Å². The lowest BCUT2D eigenvalue weighted by Gasteiger charge is -2.30. The highest BCUT2D eigenvalue weighted by Crippen LogP contribution is 2.38. The summed E-state index contributed by atoms with van der Waals surface area (Å²) in [7, 11) is 0. The predicted molar refractivity (Wildman–Crippen MR) is 134 cm³/mol. The first kappa shape index (κ1) is 27.1. The molecule has 2 aromatic carbocycles. The molecule has 0 saturated carbocycles. The molecular weight excluding hydrogens is 468 g/mol. The molecule has 4 rings (SSSR count). The lowest BCUT2D eigenvalue weighted by atomic mass is 9.87. The summed E-state index contributed by atoms with van der Waals surface area (Å²) >= 11 is 0. The van der Waals surface area contributed by atoms with Gasteiger partial charge < -0.3 is 9.47 Å². The van der Waals surface area contributed by atoms with E-state index in [-0.39, 0.29) is 46.3 Å². The highest BCUT2D eigenvalue weighted by atomic mass is 19.2. The van der Waals surface area contributed by atoms with Crippen molar-refractivity contribution in [3.05, 3.63) is 58.7 Å². The highest BCUT2D eigenvalue weighted by molar-refractivity contribution is 5.66. The fourth-order valence-electron chi connectivity index (χ4n) is 5.68. The van der Waals surface area contributed by atoms with Gasteiger partial charge in [0.25, 0.3) is 0 Å². The van der Waals surface area contributed by atoms with E-state index in [1.165, 1.54) is 24.3 Å². The van der Waals surface area contributed by atoms with E-state index in [2.05, 4.69) is 13.8 Å². The number of rotatable bonds is 9. The Morgan fingerprint density at radius 2 is 1.11 bits per heavy atom. The quantitative estimate of drug-likeness (QED) is 0.250. The Morgan fingerprint density at radius 3 is 1.53 bits per heavy atom. The molecule has 2 aliphatic heterocycles. The van der Waals surface area contributed by atoms with Crippen LogP contribution in [0.1, 0.15) is 101 Å². The molecule has 0 radical (unpaired) electrons. The van der Waals surface area contributed by atoms with Crippen LogP contribution in [0.4, 0.5) is 17.6 Å². The molecule has 2 nitrogen and oxygen atoms in total. The van der Waals surface area contributed by atoms with Crippen molar-refractivity contribution in [1.82, 2.24) is 0 Å². The second-order valence-corrected chi connectivity index (χ2v) is 10.4. The van der Waals surface area contributed by atoms with Crippen LogP contribution in [0.3, 0.4) is 0 Å². The van der Waals surface area contributed by atoms with Gasteiger partial charge in [0.15, 0.2) is 23.3 Å². The maximum absolute atomic E-state index is 15.1. The Morgan fingerprint density at radius 1 is 0.611 bits per heavy atom. The standard InChI is InChI=1S/C30H38F4O2/c1-3-5-6-8-22-12-10-20(18-36-22)24-14-16-26(30(34)28(24)32)25-15-13-23(27(31)29(25)33)19-9-11-21(7-4-2)35-17-19/h13-16,19-22H,3-12,17-18H2,1-2H3. The van der Waals surface area contributed by atoms with E-state index in [0.717, 1.165) is 51.4 Å². The minimum Gasteiger partial charge on any atom is -0.378 e. The zero-order valence-electron chi connectivity index (χ0n) is 21.4. The van der Waals surface area contributed by atoms with Gasteiger partial charge in [0.1, 0.15) is 0 Å². The number of hydrogen-bond acceptors (Lipinski definition) is 2. The summed E-state index contributed by atoms with van der Waals surface area (Å²) in [6.07, 6.45) is 9.74. The van der Waals surface area contributed by atoms with Crippen LogP contribution >= 0.6 is 0 Å². The van der Waals surface area contributed by atoms with Gasteiger partial charge in [-0.3, -0.25) is 0 Å². The van der Waals surface area contributed by atoms with E-state index < -0.39 is 23.3 Å². The lowest BCUT2D eigenvalue weighted by molar-refractivity contribution is -0.00278. The topological polar surface area (TPSA) is 18.5 Å². The third-order valence-corrected chi connectivity index (χ3v) is 7.87. The molecule has 4 atom stereocenters. The number of hydrogen-bond donors (Lipinski definition) is 0. The van der Waals surface area contributed by atoms with Crippen molar-refractivity contribution in [2.45, 2.75) is 102 Å². The second kappa shape index (κ2) is 12.6. The summed E-state index contributed by atoms with van der Waals surface area (Å²) in [6, 6.07) is 5.69. The first-order chi connectivity index (χ1) is 17.4. The summed E-state index contributed by atoms with van der Waals surface area (Å²) in [6.45, 7) is 4.92. The van der Waals surface area contributed by atoms with Crippen LogP contribution in [-0.4, -0.2) is 25.4 Å². The zero-order valence-corrected chi connectivity index (χ0v) is 21.4. The van der Waals surface area contributed by atoms with Gasteiger partial charge in [-0.2, -0.15) is 0 Å². The molecule has 2 saturated heterocycles. The van der Waals surface area contributed by atoms with Gasteiger partial charge in [0.2, 0.25) is 0 Å². The Hall–Kier alpha value is -1.92. The van der Waals surface area contributed by atoms with E-state index in [4.69, 9.17) is 9.47 Å². The molecule has 0 N–H and O–H groups in total. The van der Waals surface area contributed by atoms with Crippen molar-refractivity contribution in [2.24, 2.45) is 0 Å². The third-order valence-electron chi connectivity index (χ3n) is 7.87. The van der Waals surface area contributed by atoms with E-state index in [1.807, 2.05) is 0 Å². The Balaban J connectivity index is 1.47. The van der Waals surface area contributed by atoms with Gasteiger partial charge in [-0.1, -0.05) is 63.8 Å². The van der Waals surface area contributed by atoms with Gasteiger partial charge in [0, 0.05) is 23.0 Å². The Bertz CT molecular complexity index is 1010. The lowest BCUT2D eigenvalue weighted by Crippen LogP contribution is -2.25. The fourth-order valence-corrected chi connectivity index (χ4v) is 5.68. The zero-order chi connectivity index (χ0) is 25.7. The summed E-state index contributed by atoms with van der Waals surface area (Å²) < 4.78 is 72.2. The monoisotopic (exact) mass is 506 g/mol. The second-order valence-electron chi connectivity index (χ2n) is 10.4. The fraction of sp³-hybridized carbons (Fsp3) is 0.600. The van der Waals surface area contributed by atoms with E-state index >= 15 is 17.6 Å². The average molecular weight is 507 g/mol. The summed E-state index contributed by atoms with van der Waals surface area (Å²) in [5.41, 5.74) is -0.0646. The molecule has 6 heteroatoms. The van der Waals surface area contributed by atoms with Crippen LogP contribution in [0, 0.1) is 23.3 Å². The van der Waals surface area contributed by atoms with Crippen LogP contribution in [-0.2, 0) is 9.47 Å². The van der Waals surface area contributed by atoms with E-state index in [9.17, 15) is 0 Å². The van der Waals surface area contributed by atoms with Gasteiger partial charge in [-0.05, 0) is 49.7 Å². The maximum atomic E-state index is 15.1. The van der Waals surface area contributed by atoms with Crippen molar-refractivity contribution < 1.29 is 27.0 Å². The smallest absolute Gasteiger partial charge is 0.167 e. The van der Waals surface area contributed by atoms with Crippen LogP contribution < -0.4 is 0 Å². The normalized spacial score (nSPS) is 24.7. The molecule has 2 heterocycles. The summed E-state index contributed by atoms with van der Waals surface area (Å²) in [5, 5.41) is 0. The van der Waals surface area contributed by atoms with Gasteiger partial charge in [-0.25, -0.2) is 17.6 Å². The van der Waals surface area contributed by atoms with Crippen molar-refractivity contribution >= 4 is 0 Å². The van der Waals surface area contributed by atoms with Crippen LogP contribution in [0.2, 0.25) is 0 Å². The molecule has 0 spiro atoms. The molecule has 36 heavy (non-hydrogen) atoms. The van der Waals surface area contributed by atoms with Crippen molar-refractivity contribution in [3.63, 3.8) is 0 Å². The van der Waals surface area contributed by atoms with Gasteiger partial charge in [-0.15, -0.1) is 0 Å². The van der Waals surface area contributed by atoms with E-state index in [0.29, 0.717) is 26.1 Å². The molecule has 0 bridgehead atoms. The van der Waals surface area contributed by atoms with Gasteiger partial charge in [0.05, 0.1) is 25.4 Å². The van der Waals surface area contributed by atoms with Crippen LogP contribution in [0.5, 0.6) is 0 Å². The van der Waals surface area contributed by atoms with E-state index in [1.54, 1.807) is 0 Å². The molecule has 2 fully saturated rings. The first-order valence-corrected chi connectivity index (χ1v) is 13.6. The molecule has 0 aliphatic carbocycles. The number of ether oxygens (including phenoxy) is 2. The molecule has 4 unspecified atom stereocenters. The molecule has 2 aliphatic rings. The van der Waals surface area contributed by atoms with Crippen molar-refractivity contribution in [1.29, 1.82) is 0 Å². The Labute approximate surface area is 212 Å². The SMILES string of the molecule is CCCCCC1CCC(c2ccc(-c3ccc(C4CCC(CCC)OC4)c(F)c3F)c(F)c2F)CO1. The minimum absolute atomic E-state index is 0.163.